The number of sulfonamides is 1. The molecule has 30 heavy (non-hydrogen) atoms. The Morgan fingerprint density at radius 3 is 2.57 bits per heavy atom. The molecule has 0 aliphatic rings. The Bertz CT molecular complexity index is 1170. The van der Waals surface area contributed by atoms with Crippen molar-refractivity contribution in [1.82, 2.24) is 14.5 Å². The molecule has 0 saturated carbocycles. The summed E-state index contributed by atoms with van der Waals surface area (Å²) < 4.78 is 45.9. The number of hydrogen-bond donors (Lipinski definition) is 1. The van der Waals surface area contributed by atoms with Crippen LogP contribution in [0.25, 0.3) is 16.9 Å². The lowest BCUT2D eigenvalue weighted by atomic mass is 10.0. The zero-order valence-electron chi connectivity index (χ0n) is 16.3. The van der Waals surface area contributed by atoms with E-state index in [1.807, 2.05) is 6.20 Å². The molecule has 0 fully saturated rings. The van der Waals surface area contributed by atoms with Crippen molar-refractivity contribution in [2.75, 3.05) is 19.9 Å². The predicted octanol–water partition coefficient (Wildman–Crippen LogP) is 4.48. The summed E-state index contributed by atoms with van der Waals surface area (Å²) in [6, 6.07) is 9.75. The Balaban J connectivity index is 1.96. The summed E-state index contributed by atoms with van der Waals surface area (Å²) in [6.45, 7) is 0.285. The summed E-state index contributed by atoms with van der Waals surface area (Å²) >= 11 is 12.0. The van der Waals surface area contributed by atoms with Gasteiger partial charge in [-0.05, 0) is 48.7 Å². The molecule has 0 radical (unpaired) electrons. The first-order chi connectivity index (χ1) is 14.2. The summed E-state index contributed by atoms with van der Waals surface area (Å²) in [4.78, 5) is 0. The normalized spacial score (nSPS) is 11.6. The van der Waals surface area contributed by atoms with E-state index in [1.165, 1.54) is 19.2 Å². The number of aromatic nitrogens is 2. The maximum atomic E-state index is 14.0. The van der Waals surface area contributed by atoms with Crippen LogP contribution in [0.4, 0.5) is 4.39 Å². The summed E-state index contributed by atoms with van der Waals surface area (Å²) in [5.41, 5.74) is 2.69. The molecule has 1 N–H and O–H groups in total. The molecule has 0 bridgehead atoms. The highest BCUT2D eigenvalue weighted by atomic mass is 35.5. The van der Waals surface area contributed by atoms with Crippen LogP contribution in [0.5, 0.6) is 5.75 Å². The van der Waals surface area contributed by atoms with E-state index in [2.05, 4.69) is 9.82 Å². The Hall–Kier alpha value is -2.13. The second-order valence-electron chi connectivity index (χ2n) is 6.67. The van der Waals surface area contributed by atoms with Crippen LogP contribution < -0.4 is 9.46 Å². The molecule has 2 aromatic carbocycles. The van der Waals surface area contributed by atoms with Crippen molar-refractivity contribution >= 4 is 33.2 Å². The van der Waals surface area contributed by atoms with E-state index in [0.29, 0.717) is 40.6 Å². The SMILES string of the molecule is COc1ccc(-n2cc(CCCNS(C)(=O)=O)c(-c3ccc(Cl)c(F)c3)n2)cc1Cl. The number of ether oxygens (including phenoxy) is 1. The van der Waals surface area contributed by atoms with Crippen molar-refractivity contribution < 1.29 is 17.5 Å². The number of hydrogen-bond acceptors (Lipinski definition) is 4. The Labute approximate surface area is 184 Å². The summed E-state index contributed by atoms with van der Waals surface area (Å²) in [5.74, 6) is 0.000503. The van der Waals surface area contributed by atoms with Gasteiger partial charge in [0, 0.05) is 18.3 Å². The Morgan fingerprint density at radius 2 is 1.93 bits per heavy atom. The van der Waals surface area contributed by atoms with Crippen LogP contribution in [0, 0.1) is 5.82 Å². The number of rotatable bonds is 8. The number of halogens is 3. The molecular formula is C20H20Cl2FN3O3S. The fourth-order valence-corrected chi connectivity index (χ4v) is 3.83. The van der Waals surface area contributed by atoms with Crippen molar-refractivity contribution in [3.63, 3.8) is 0 Å². The minimum absolute atomic E-state index is 0.0269. The van der Waals surface area contributed by atoms with Crippen LogP contribution in [0.3, 0.4) is 0 Å². The van der Waals surface area contributed by atoms with Gasteiger partial charge in [-0.25, -0.2) is 22.2 Å². The number of benzene rings is 2. The summed E-state index contributed by atoms with van der Waals surface area (Å²) in [6.07, 6.45) is 4.01. The molecule has 0 amide bonds. The fourth-order valence-electron chi connectivity index (χ4n) is 2.95. The van der Waals surface area contributed by atoms with Gasteiger partial charge < -0.3 is 4.74 Å². The van der Waals surface area contributed by atoms with Crippen LogP contribution in [-0.2, 0) is 16.4 Å². The number of nitrogens with zero attached hydrogens (tertiary/aromatic N) is 2. The van der Waals surface area contributed by atoms with Gasteiger partial charge in [-0.1, -0.05) is 29.3 Å². The van der Waals surface area contributed by atoms with Crippen LogP contribution >= 0.6 is 23.2 Å². The zero-order valence-corrected chi connectivity index (χ0v) is 18.7. The number of methoxy groups -OCH3 is 1. The van der Waals surface area contributed by atoms with Gasteiger partial charge in [0.25, 0.3) is 0 Å². The fraction of sp³-hybridized carbons (Fsp3) is 0.250. The molecule has 3 aromatic rings. The lowest BCUT2D eigenvalue weighted by molar-refractivity contribution is 0.415. The van der Waals surface area contributed by atoms with E-state index in [0.717, 1.165) is 11.8 Å². The van der Waals surface area contributed by atoms with Gasteiger partial charge in [0.15, 0.2) is 0 Å². The van der Waals surface area contributed by atoms with Crippen LogP contribution in [0.15, 0.2) is 42.6 Å². The van der Waals surface area contributed by atoms with Crippen molar-refractivity contribution in [1.29, 1.82) is 0 Å². The molecule has 160 valence electrons. The molecule has 6 nitrogen and oxygen atoms in total. The lowest BCUT2D eigenvalue weighted by Gasteiger charge is -2.06. The van der Waals surface area contributed by atoms with Gasteiger partial charge in [-0.15, -0.1) is 0 Å². The molecule has 0 aliphatic carbocycles. The Kier molecular flexibility index (Phi) is 7.02. The van der Waals surface area contributed by atoms with Gasteiger partial charge in [0.2, 0.25) is 10.0 Å². The summed E-state index contributed by atoms with van der Waals surface area (Å²) in [5, 5.41) is 5.08. The largest absolute Gasteiger partial charge is 0.495 e. The van der Waals surface area contributed by atoms with E-state index < -0.39 is 15.8 Å². The van der Waals surface area contributed by atoms with Crippen molar-refractivity contribution in [3.05, 3.63) is 64.0 Å². The average molecular weight is 472 g/mol. The molecule has 0 unspecified atom stereocenters. The van der Waals surface area contributed by atoms with E-state index in [1.54, 1.807) is 28.9 Å². The number of nitrogens with one attached hydrogen (secondary N) is 1. The maximum Gasteiger partial charge on any atom is 0.208 e. The Morgan fingerprint density at radius 1 is 1.17 bits per heavy atom. The van der Waals surface area contributed by atoms with Gasteiger partial charge >= 0.3 is 0 Å². The second kappa shape index (κ2) is 9.34. The highest BCUT2D eigenvalue weighted by Crippen LogP contribution is 2.30. The quantitative estimate of drug-likeness (QED) is 0.491. The van der Waals surface area contributed by atoms with Crippen LogP contribution in [0.2, 0.25) is 10.0 Å². The second-order valence-corrected chi connectivity index (χ2v) is 9.31. The van der Waals surface area contributed by atoms with Crippen LogP contribution in [0.1, 0.15) is 12.0 Å². The van der Waals surface area contributed by atoms with E-state index >= 15 is 0 Å². The standard InChI is InChI=1S/C20H20Cl2FN3O3S/c1-29-19-8-6-15(11-17(19)22)26-12-14(4-3-9-24-30(2,27)28)20(25-26)13-5-7-16(21)18(23)10-13/h5-8,10-12,24H,3-4,9H2,1-2H3. The maximum absolute atomic E-state index is 14.0. The first-order valence-corrected chi connectivity index (χ1v) is 11.6. The first-order valence-electron chi connectivity index (χ1n) is 9.00. The van der Waals surface area contributed by atoms with Crippen molar-refractivity contribution in [2.24, 2.45) is 0 Å². The molecular weight excluding hydrogens is 452 g/mol. The molecule has 1 heterocycles. The molecule has 0 spiro atoms. The lowest BCUT2D eigenvalue weighted by Crippen LogP contribution is -2.23. The third kappa shape index (κ3) is 5.51. The smallest absolute Gasteiger partial charge is 0.208 e. The third-order valence-electron chi connectivity index (χ3n) is 4.37. The third-order valence-corrected chi connectivity index (χ3v) is 5.70. The average Bonchev–Trinajstić information content (AvgIpc) is 3.11. The highest BCUT2D eigenvalue weighted by Gasteiger charge is 2.15. The van der Waals surface area contributed by atoms with Gasteiger partial charge in [-0.2, -0.15) is 5.10 Å². The van der Waals surface area contributed by atoms with E-state index in [9.17, 15) is 12.8 Å². The monoisotopic (exact) mass is 471 g/mol. The van der Waals surface area contributed by atoms with Gasteiger partial charge in [-0.3, -0.25) is 0 Å². The molecule has 3 rings (SSSR count). The molecule has 10 heteroatoms. The highest BCUT2D eigenvalue weighted by molar-refractivity contribution is 7.88. The van der Waals surface area contributed by atoms with Crippen molar-refractivity contribution in [2.45, 2.75) is 12.8 Å². The first kappa shape index (κ1) is 22.6. The van der Waals surface area contributed by atoms with Gasteiger partial charge in [0.05, 0.1) is 34.8 Å². The molecule has 1 aromatic heterocycles. The number of aryl methyl sites for hydroxylation is 1. The van der Waals surface area contributed by atoms with Crippen LogP contribution in [-0.4, -0.2) is 38.1 Å². The zero-order chi connectivity index (χ0) is 21.9. The predicted molar refractivity (Wildman–Crippen MR) is 117 cm³/mol. The topological polar surface area (TPSA) is 73.2 Å². The minimum Gasteiger partial charge on any atom is -0.495 e. The van der Waals surface area contributed by atoms with E-state index in [-0.39, 0.29) is 11.6 Å². The molecule has 0 saturated heterocycles. The van der Waals surface area contributed by atoms with E-state index in [4.69, 9.17) is 27.9 Å². The van der Waals surface area contributed by atoms with Gasteiger partial charge in [0.1, 0.15) is 11.6 Å². The molecule has 0 atom stereocenters. The molecule has 0 aliphatic heterocycles. The van der Waals surface area contributed by atoms with Crippen molar-refractivity contribution in [3.8, 4) is 22.7 Å². The minimum atomic E-state index is -3.26. The summed E-state index contributed by atoms with van der Waals surface area (Å²) in [7, 11) is -1.73.